The molecule has 122 valence electrons. The summed E-state index contributed by atoms with van der Waals surface area (Å²) >= 11 is 6.14. The van der Waals surface area contributed by atoms with Gasteiger partial charge in [-0.2, -0.15) is 0 Å². The fraction of sp³-hybridized carbons (Fsp3) is 0.474. The van der Waals surface area contributed by atoms with Gasteiger partial charge in [-0.3, -0.25) is 0 Å². The van der Waals surface area contributed by atoms with Crippen molar-refractivity contribution in [2.75, 3.05) is 0 Å². The summed E-state index contributed by atoms with van der Waals surface area (Å²) in [5, 5.41) is 0.608. The molecule has 0 N–H and O–H groups in total. The average molecular weight is 332 g/mol. The maximum Gasteiger partial charge on any atom is 0.363 e. The third kappa shape index (κ3) is 3.84. The highest BCUT2D eigenvalue weighted by Gasteiger charge is 2.32. The second-order valence-corrected chi connectivity index (χ2v) is 6.80. The minimum absolute atomic E-state index is 0.282. The highest BCUT2D eigenvalue weighted by atomic mass is 35.5. The predicted octanol–water partition coefficient (Wildman–Crippen LogP) is 5.24. The summed E-state index contributed by atoms with van der Waals surface area (Å²) in [6.07, 6.45) is 8.80. The van der Waals surface area contributed by atoms with Gasteiger partial charge < -0.3 is 4.74 Å². The molecule has 2 aliphatic rings. The molecular weight excluding hydrogens is 310 g/mol. The second-order valence-electron chi connectivity index (χ2n) is 6.40. The molecule has 0 saturated heterocycles. The molecule has 3 nitrogen and oxygen atoms in total. The number of nitrogens with zero attached hydrogens (tertiary/aromatic N) is 1. The summed E-state index contributed by atoms with van der Waals surface area (Å²) in [6.45, 7) is 2.24. The first-order valence-electron chi connectivity index (χ1n) is 8.44. The largest absolute Gasteiger partial charge is 0.406 e. The Morgan fingerprint density at radius 3 is 2.70 bits per heavy atom. The molecule has 3 rings (SSSR count). The minimum Gasteiger partial charge on any atom is -0.406 e. The highest BCUT2D eigenvalue weighted by Crippen LogP contribution is 2.34. The molecule has 1 saturated carbocycles. The Morgan fingerprint density at radius 1 is 1.26 bits per heavy atom. The number of benzene rings is 1. The van der Waals surface area contributed by atoms with Crippen LogP contribution in [-0.2, 0) is 9.53 Å². The molecule has 0 unspecified atom stereocenters. The lowest BCUT2D eigenvalue weighted by Gasteiger charge is -2.27. The van der Waals surface area contributed by atoms with Gasteiger partial charge in [-0.25, -0.2) is 9.79 Å². The van der Waals surface area contributed by atoms with Crippen LogP contribution in [0.3, 0.4) is 0 Å². The van der Waals surface area contributed by atoms with E-state index in [1.807, 2.05) is 18.2 Å². The lowest BCUT2D eigenvalue weighted by molar-refractivity contribution is -0.130. The fourth-order valence-corrected chi connectivity index (χ4v) is 3.64. The van der Waals surface area contributed by atoms with E-state index in [4.69, 9.17) is 16.3 Å². The molecule has 0 aromatic heterocycles. The molecule has 1 aliphatic carbocycles. The zero-order chi connectivity index (χ0) is 16.2. The molecule has 23 heavy (non-hydrogen) atoms. The van der Waals surface area contributed by atoms with Crippen molar-refractivity contribution in [2.24, 2.45) is 16.8 Å². The van der Waals surface area contributed by atoms with Crippen molar-refractivity contribution >= 4 is 29.5 Å². The van der Waals surface area contributed by atoms with E-state index < -0.39 is 0 Å². The smallest absolute Gasteiger partial charge is 0.363 e. The molecule has 1 aromatic rings. The van der Waals surface area contributed by atoms with Crippen LogP contribution in [-0.4, -0.2) is 11.9 Å². The van der Waals surface area contributed by atoms with Crippen molar-refractivity contribution < 1.29 is 9.53 Å². The second kappa shape index (κ2) is 7.31. The molecule has 0 amide bonds. The SMILES string of the molecule is CCCC1CCC(C2=N/C(=C\c3ccccc3Cl)C(=O)O2)CC1. The van der Waals surface area contributed by atoms with Crippen molar-refractivity contribution in [1.29, 1.82) is 0 Å². The van der Waals surface area contributed by atoms with E-state index in [2.05, 4.69) is 11.9 Å². The topological polar surface area (TPSA) is 38.7 Å². The minimum atomic E-state index is -0.365. The number of carbonyl (C=O) groups excluding carboxylic acids is 1. The number of rotatable bonds is 4. The van der Waals surface area contributed by atoms with Crippen LogP contribution in [0.5, 0.6) is 0 Å². The summed E-state index contributed by atoms with van der Waals surface area (Å²) in [7, 11) is 0. The highest BCUT2D eigenvalue weighted by molar-refractivity contribution is 6.32. The zero-order valence-corrected chi connectivity index (χ0v) is 14.2. The standard InChI is InChI=1S/C19H22ClNO2/c1-2-5-13-8-10-14(11-9-13)18-21-17(19(22)23-18)12-15-6-3-4-7-16(15)20/h3-4,6-7,12-14H,2,5,8-11H2,1H3/b17-12-. The van der Waals surface area contributed by atoms with Crippen LogP contribution in [0.15, 0.2) is 35.0 Å². The van der Waals surface area contributed by atoms with Gasteiger partial charge in [0.1, 0.15) is 0 Å². The summed E-state index contributed by atoms with van der Waals surface area (Å²) in [6, 6.07) is 7.42. The van der Waals surface area contributed by atoms with Gasteiger partial charge in [-0.15, -0.1) is 0 Å². The molecule has 1 heterocycles. The van der Waals surface area contributed by atoms with Crippen molar-refractivity contribution in [3.05, 3.63) is 40.5 Å². The number of carbonyl (C=O) groups is 1. The van der Waals surface area contributed by atoms with Gasteiger partial charge in [-0.1, -0.05) is 49.6 Å². The Morgan fingerprint density at radius 2 is 2.00 bits per heavy atom. The van der Waals surface area contributed by atoms with Crippen LogP contribution in [0.1, 0.15) is 51.0 Å². The number of ether oxygens (including phenoxy) is 1. The normalized spacial score (nSPS) is 26.3. The summed E-state index contributed by atoms with van der Waals surface area (Å²) < 4.78 is 5.42. The summed E-state index contributed by atoms with van der Waals surface area (Å²) in [5.74, 6) is 1.34. The average Bonchev–Trinajstić information content (AvgIpc) is 2.92. The van der Waals surface area contributed by atoms with Crippen LogP contribution in [0.2, 0.25) is 5.02 Å². The number of esters is 1. The molecule has 1 fully saturated rings. The Bertz CT molecular complexity index is 643. The van der Waals surface area contributed by atoms with E-state index in [9.17, 15) is 4.79 Å². The van der Waals surface area contributed by atoms with Crippen LogP contribution < -0.4 is 0 Å². The van der Waals surface area contributed by atoms with Crippen LogP contribution in [0.25, 0.3) is 6.08 Å². The molecule has 0 radical (unpaired) electrons. The van der Waals surface area contributed by atoms with Gasteiger partial charge in [-0.05, 0) is 49.3 Å². The van der Waals surface area contributed by atoms with E-state index in [1.54, 1.807) is 12.1 Å². The molecule has 0 spiro atoms. The third-order valence-corrected chi connectivity index (χ3v) is 5.07. The number of hydrogen-bond acceptors (Lipinski definition) is 3. The Balaban J connectivity index is 1.71. The molecular formula is C19H22ClNO2. The van der Waals surface area contributed by atoms with Crippen molar-refractivity contribution in [1.82, 2.24) is 0 Å². The lowest BCUT2D eigenvalue weighted by Crippen LogP contribution is -2.22. The van der Waals surface area contributed by atoms with Crippen LogP contribution in [0.4, 0.5) is 0 Å². The van der Waals surface area contributed by atoms with Gasteiger partial charge in [0.25, 0.3) is 0 Å². The van der Waals surface area contributed by atoms with E-state index in [0.717, 1.165) is 24.3 Å². The maximum absolute atomic E-state index is 12.1. The van der Waals surface area contributed by atoms with Gasteiger partial charge in [0.15, 0.2) is 5.70 Å². The molecule has 1 aromatic carbocycles. The zero-order valence-electron chi connectivity index (χ0n) is 13.4. The van der Waals surface area contributed by atoms with Crippen molar-refractivity contribution in [2.45, 2.75) is 45.4 Å². The van der Waals surface area contributed by atoms with Gasteiger partial charge in [0.05, 0.1) is 0 Å². The third-order valence-electron chi connectivity index (χ3n) is 4.73. The monoisotopic (exact) mass is 331 g/mol. The Hall–Kier alpha value is -1.61. The van der Waals surface area contributed by atoms with E-state index in [1.165, 1.54) is 25.7 Å². The number of aliphatic imine (C=N–C) groups is 1. The van der Waals surface area contributed by atoms with Gasteiger partial charge in [0, 0.05) is 10.9 Å². The molecule has 0 bridgehead atoms. The van der Waals surface area contributed by atoms with Gasteiger partial charge >= 0.3 is 5.97 Å². The first-order valence-corrected chi connectivity index (χ1v) is 8.82. The van der Waals surface area contributed by atoms with Gasteiger partial charge in [0.2, 0.25) is 5.90 Å². The first kappa shape index (κ1) is 16.3. The van der Waals surface area contributed by atoms with E-state index in [0.29, 0.717) is 16.6 Å². The summed E-state index contributed by atoms with van der Waals surface area (Å²) in [5.41, 5.74) is 1.14. The molecule has 0 atom stereocenters. The van der Waals surface area contributed by atoms with E-state index in [-0.39, 0.29) is 11.9 Å². The van der Waals surface area contributed by atoms with Crippen molar-refractivity contribution in [3.63, 3.8) is 0 Å². The lowest BCUT2D eigenvalue weighted by atomic mass is 9.80. The number of halogens is 1. The Labute approximate surface area is 142 Å². The van der Waals surface area contributed by atoms with Crippen LogP contribution >= 0.6 is 11.6 Å². The molecule has 4 heteroatoms. The first-order chi connectivity index (χ1) is 11.2. The van der Waals surface area contributed by atoms with E-state index >= 15 is 0 Å². The van der Waals surface area contributed by atoms with Crippen molar-refractivity contribution in [3.8, 4) is 0 Å². The number of cyclic esters (lactones) is 1. The molecule has 1 aliphatic heterocycles. The predicted molar refractivity (Wildman–Crippen MR) is 93.3 cm³/mol. The van der Waals surface area contributed by atoms with Crippen LogP contribution in [0, 0.1) is 11.8 Å². The fourth-order valence-electron chi connectivity index (χ4n) is 3.45. The summed E-state index contributed by atoms with van der Waals surface area (Å²) in [4.78, 5) is 16.5. The maximum atomic E-state index is 12.1. The Kier molecular flexibility index (Phi) is 5.16. The number of hydrogen-bond donors (Lipinski definition) is 0. The quantitative estimate of drug-likeness (QED) is 0.558.